The third-order valence-electron chi connectivity index (χ3n) is 7.68. The quantitative estimate of drug-likeness (QED) is 0.679. The summed E-state index contributed by atoms with van der Waals surface area (Å²) in [6.07, 6.45) is 1.56. The molecule has 0 bridgehead atoms. The number of carboxylic acid groups (broad SMARTS) is 1. The Kier molecular flexibility index (Phi) is 6.02. The van der Waals surface area contributed by atoms with E-state index in [1.54, 1.807) is 4.90 Å². The number of hydrogen-bond acceptors (Lipinski definition) is 4. The van der Waals surface area contributed by atoms with Crippen molar-refractivity contribution in [1.29, 1.82) is 0 Å². The van der Waals surface area contributed by atoms with E-state index in [1.807, 2.05) is 31.2 Å². The molecule has 2 aliphatic carbocycles. The molecule has 4 atom stereocenters. The van der Waals surface area contributed by atoms with Crippen molar-refractivity contribution in [3.05, 3.63) is 59.7 Å². The van der Waals surface area contributed by atoms with Crippen LogP contribution in [0.5, 0.6) is 0 Å². The van der Waals surface area contributed by atoms with E-state index in [1.165, 1.54) is 22.3 Å². The van der Waals surface area contributed by atoms with E-state index >= 15 is 0 Å². The van der Waals surface area contributed by atoms with Crippen LogP contribution in [-0.4, -0.2) is 53.7 Å². The molecule has 2 fully saturated rings. The van der Waals surface area contributed by atoms with Gasteiger partial charge in [-0.15, -0.1) is 0 Å². The predicted molar refractivity (Wildman–Crippen MR) is 126 cm³/mol. The zero-order valence-corrected chi connectivity index (χ0v) is 19.3. The van der Waals surface area contributed by atoms with Crippen molar-refractivity contribution in [3.63, 3.8) is 0 Å². The fourth-order valence-corrected chi connectivity index (χ4v) is 5.64. The van der Waals surface area contributed by atoms with Gasteiger partial charge in [0.05, 0.1) is 5.92 Å². The molecule has 1 aliphatic heterocycles. The topological polar surface area (TPSA) is 95.9 Å². The predicted octanol–water partition coefficient (Wildman–Crippen LogP) is 3.87. The van der Waals surface area contributed by atoms with Gasteiger partial charge in [-0.2, -0.15) is 0 Å². The van der Waals surface area contributed by atoms with Crippen LogP contribution in [0.1, 0.15) is 43.2 Å². The Labute approximate surface area is 199 Å². The minimum Gasteiger partial charge on any atom is -0.481 e. The molecule has 2 N–H and O–H groups in total. The van der Waals surface area contributed by atoms with Crippen LogP contribution in [0.4, 0.5) is 4.79 Å². The van der Waals surface area contributed by atoms with Crippen LogP contribution in [0, 0.1) is 17.8 Å². The number of rotatable bonds is 6. The first kappa shape index (κ1) is 22.4. The van der Waals surface area contributed by atoms with Crippen molar-refractivity contribution >= 4 is 18.0 Å². The number of carboxylic acids is 1. The van der Waals surface area contributed by atoms with Crippen LogP contribution in [0.25, 0.3) is 11.1 Å². The normalized spacial score (nSPS) is 25.3. The van der Waals surface area contributed by atoms with E-state index in [0.717, 1.165) is 0 Å². The van der Waals surface area contributed by atoms with Gasteiger partial charge in [0.15, 0.2) is 0 Å². The Morgan fingerprint density at radius 3 is 2.32 bits per heavy atom. The highest BCUT2D eigenvalue weighted by atomic mass is 16.5. The first-order valence-corrected chi connectivity index (χ1v) is 12.1. The van der Waals surface area contributed by atoms with Gasteiger partial charge in [-0.25, -0.2) is 4.79 Å². The lowest BCUT2D eigenvalue weighted by Gasteiger charge is -2.37. The van der Waals surface area contributed by atoms with E-state index in [2.05, 4.69) is 29.6 Å². The molecule has 178 valence electrons. The molecule has 2 aromatic rings. The van der Waals surface area contributed by atoms with Crippen molar-refractivity contribution in [2.45, 2.75) is 38.1 Å². The number of nitrogens with one attached hydrogen (secondary N) is 1. The van der Waals surface area contributed by atoms with Crippen LogP contribution < -0.4 is 5.32 Å². The van der Waals surface area contributed by atoms with Gasteiger partial charge in [0, 0.05) is 31.0 Å². The largest absolute Gasteiger partial charge is 0.481 e. The molecule has 5 rings (SSSR count). The highest BCUT2D eigenvalue weighted by Crippen LogP contribution is 2.44. The van der Waals surface area contributed by atoms with Gasteiger partial charge in [0.1, 0.15) is 6.61 Å². The molecule has 7 nitrogen and oxygen atoms in total. The fraction of sp³-hybridized carbons (Fsp3) is 0.444. The van der Waals surface area contributed by atoms with Crippen LogP contribution in [0.2, 0.25) is 0 Å². The Bertz CT molecular complexity index is 1070. The van der Waals surface area contributed by atoms with Gasteiger partial charge in [-0.3, -0.25) is 9.59 Å². The van der Waals surface area contributed by atoms with E-state index < -0.39 is 18.0 Å². The lowest BCUT2D eigenvalue weighted by atomic mass is 9.90. The summed E-state index contributed by atoms with van der Waals surface area (Å²) in [5.41, 5.74) is 4.70. The van der Waals surface area contributed by atoms with Gasteiger partial charge < -0.3 is 20.1 Å². The summed E-state index contributed by atoms with van der Waals surface area (Å²) >= 11 is 0. The molecule has 0 spiro atoms. The highest BCUT2D eigenvalue weighted by Gasteiger charge is 2.47. The van der Waals surface area contributed by atoms with Gasteiger partial charge in [0.2, 0.25) is 5.91 Å². The van der Waals surface area contributed by atoms with Crippen LogP contribution in [-0.2, 0) is 14.3 Å². The molecule has 1 saturated heterocycles. The van der Waals surface area contributed by atoms with Gasteiger partial charge in [-0.05, 0) is 54.4 Å². The number of fused-ring (bicyclic) bond motifs is 3. The summed E-state index contributed by atoms with van der Waals surface area (Å²) < 4.78 is 5.58. The van der Waals surface area contributed by atoms with E-state index in [-0.39, 0.29) is 36.3 Å². The lowest BCUT2D eigenvalue weighted by molar-refractivity contribution is -0.149. The number of nitrogens with zero attached hydrogens (tertiary/aromatic N) is 1. The Hall–Kier alpha value is -3.35. The second-order valence-electron chi connectivity index (χ2n) is 9.67. The monoisotopic (exact) mass is 462 g/mol. The van der Waals surface area contributed by atoms with Crippen LogP contribution in [0.15, 0.2) is 48.5 Å². The minimum atomic E-state index is -0.839. The third kappa shape index (κ3) is 4.15. The molecule has 3 aliphatic rings. The van der Waals surface area contributed by atoms with Crippen molar-refractivity contribution < 1.29 is 24.2 Å². The molecular formula is C27H30N2O5. The number of alkyl carbamates (subject to hydrolysis) is 1. The second-order valence-corrected chi connectivity index (χ2v) is 9.67. The first-order valence-electron chi connectivity index (χ1n) is 12.1. The number of carbonyl (C=O) groups is 3. The number of benzene rings is 2. The maximum absolute atomic E-state index is 12.9. The number of amides is 2. The SMILES string of the molecule is C[C@@H]1[C@H](C(=O)O)CCCN1C(=O)C1CC1CNC(=O)OCC1c2ccccc2-c2ccccc21. The summed E-state index contributed by atoms with van der Waals surface area (Å²) in [6.45, 7) is 3.07. The molecule has 7 heteroatoms. The summed E-state index contributed by atoms with van der Waals surface area (Å²) in [5, 5.41) is 12.2. The standard InChI is InChI=1S/C27H30N2O5/c1-16-18(26(31)32)11-6-12-29(16)25(30)23-13-17(23)14-28-27(33)34-15-24-21-9-4-2-7-19(21)20-8-3-5-10-22(20)24/h2-5,7-10,16-18,23-24H,6,11-15H2,1H3,(H,28,33)(H,31,32)/t16-,17?,18-,23?/m1/s1. The zero-order chi connectivity index (χ0) is 23.8. The Morgan fingerprint density at radius 1 is 1.03 bits per heavy atom. The minimum absolute atomic E-state index is 0.0103. The van der Waals surface area contributed by atoms with Gasteiger partial charge >= 0.3 is 12.1 Å². The summed E-state index contributed by atoms with van der Waals surface area (Å²) in [4.78, 5) is 38.5. The number of likely N-dealkylation sites (tertiary alicyclic amines) is 1. The molecule has 0 radical (unpaired) electrons. The van der Waals surface area contributed by atoms with E-state index in [9.17, 15) is 19.5 Å². The number of carbonyl (C=O) groups excluding carboxylic acids is 2. The van der Waals surface area contributed by atoms with Crippen LogP contribution in [0.3, 0.4) is 0 Å². The average Bonchev–Trinajstić information content (AvgIpc) is 3.56. The molecule has 1 heterocycles. The number of piperidine rings is 1. The van der Waals surface area contributed by atoms with Gasteiger partial charge in [-0.1, -0.05) is 48.5 Å². The van der Waals surface area contributed by atoms with E-state index in [0.29, 0.717) is 32.4 Å². The molecular weight excluding hydrogens is 432 g/mol. The second kappa shape index (κ2) is 9.12. The van der Waals surface area contributed by atoms with Crippen molar-refractivity contribution in [1.82, 2.24) is 10.2 Å². The summed E-state index contributed by atoms with van der Waals surface area (Å²) in [7, 11) is 0. The Balaban J connectivity index is 1.12. The Morgan fingerprint density at radius 2 is 1.68 bits per heavy atom. The summed E-state index contributed by atoms with van der Waals surface area (Å²) in [5.74, 6) is -1.40. The number of hydrogen-bond donors (Lipinski definition) is 2. The van der Waals surface area contributed by atoms with Crippen molar-refractivity contribution in [3.8, 4) is 11.1 Å². The third-order valence-corrected chi connectivity index (χ3v) is 7.68. The fourth-order valence-electron chi connectivity index (χ4n) is 5.64. The first-order chi connectivity index (χ1) is 16.5. The number of aliphatic carboxylic acids is 1. The zero-order valence-electron chi connectivity index (χ0n) is 19.3. The molecule has 0 aromatic heterocycles. The van der Waals surface area contributed by atoms with Crippen molar-refractivity contribution in [2.24, 2.45) is 17.8 Å². The summed E-state index contributed by atoms with van der Waals surface area (Å²) in [6, 6.07) is 16.1. The molecule has 2 aromatic carbocycles. The highest BCUT2D eigenvalue weighted by molar-refractivity contribution is 5.83. The average molecular weight is 463 g/mol. The maximum atomic E-state index is 12.9. The smallest absolute Gasteiger partial charge is 0.407 e. The molecule has 1 saturated carbocycles. The maximum Gasteiger partial charge on any atom is 0.407 e. The van der Waals surface area contributed by atoms with Crippen molar-refractivity contribution in [2.75, 3.05) is 19.7 Å². The molecule has 2 amide bonds. The number of ether oxygens (including phenoxy) is 1. The van der Waals surface area contributed by atoms with Gasteiger partial charge in [0.25, 0.3) is 0 Å². The lowest BCUT2D eigenvalue weighted by Crippen LogP contribution is -2.50. The molecule has 34 heavy (non-hydrogen) atoms. The van der Waals surface area contributed by atoms with Crippen LogP contribution >= 0.6 is 0 Å². The van der Waals surface area contributed by atoms with E-state index in [4.69, 9.17) is 4.74 Å². The molecule has 2 unspecified atom stereocenters.